The van der Waals surface area contributed by atoms with Crippen LogP contribution in [0.25, 0.3) is 0 Å². The zero-order valence-electron chi connectivity index (χ0n) is 21.5. The molecule has 0 aliphatic heterocycles. The SMILES string of the molecule is CCCCCCCCCCCC(=O)O[C@@H](COP=O)COC(=O)CCCCCCCCCCS. The molecule has 0 heterocycles. The Balaban J connectivity index is 3.85. The van der Waals surface area contributed by atoms with Crippen LogP contribution in [0, 0.1) is 0 Å². The lowest BCUT2D eigenvalue weighted by Gasteiger charge is -2.16. The van der Waals surface area contributed by atoms with Gasteiger partial charge in [0.25, 0.3) is 0 Å². The van der Waals surface area contributed by atoms with Crippen LogP contribution in [0.15, 0.2) is 0 Å². The molecule has 6 nitrogen and oxygen atoms in total. The summed E-state index contributed by atoms with van der Waals surface area (Å²) in [5.74, 6) is 0.336. The molecule has 0 radical (unpaired) electrons. The summed E-state index contributed by atoms with van der Waals surface area (Å²) in [6, 6.07) is 0. The van der Waals surface area contributed by atoms with Crippen LogP contribution in [-0.2, 0) is 28.2 Å². The molecule has 200 valence electrons. The first-order valence-electron chi connectivity index (χ1n) is 13.5. The summed E-state index contributed by atoms with van der Waals surface area (Å²) in [5, 5.41) is 0. The van der Waals surface area contributed by atoms with Gasteiger partial charge in [-0.3, -0.25) is 14.1 Å². The number of hydrogen-bond acceptors (Lipinski definition) is 7. The Morgan fingerprint density at radius 3 is 1.65 bits per heavy atom. The molecule has 0 rings (SSSR count). The fourth-order valence-corrected chi connectivity index (χ4v) is 4.21. The minimum absolute atomic E-state index is 0.0605. The number of ether oxygens (including phenoxy) is 2. The summed E-state index contributed by atoms with van der Waals surface area (Å²) < 4.78 is 26.1. The third kappa shape index (κ3) is 24.5. The number of hydrogen-bond donors (Lipinski definition) is 1. The number of thiol groups is 1. The molecule has 8 heteroatoms. The van der Waals surface area contributed by atoms with Crippen LogP contribution < -0.4 is 0 Å². The molecule has 0 N–H and O–H groups in total. The van der Waals surface area contributed by atoms with Gasteiger partial charge in [0.15, 0.2) is 6.10 Å². The molecule has 0 spiro atoms. The van der Waals surface area contributed by atoms with E-state index in [4.69, 9.17) is 14.0 Å². The maximum Gasteiger partial charge on any atom is 0.327 e. The smallest absolute Gasteiger partial charge is 0.327 e. The largest absolute Gasteiger partial charge is 0.462 e. The predicted octanol–water partition coefficient (Wildman–Crippen LogP) is 8.03. The van der Waals surface area contributed by atoms with Crippen molar-refractivity contribution < 1.29 is 28.2 Å². The van der Waals surface area contributed by atoms with Crippen molar-refractivity contribution in [3.63, 3.8) is 0 Å². The van der Waals surface area contributed by atoms with Gasteiger partial charge in [-0.25, -0.2) is 4.57 Å². The van der Waals surface area contributed by atoms with Gasteiger partial charge in [-0.05, 0) is 25.0 Å². The molecule has 0 fully saturated rings. The zero-order chi connectivity index (χ0) is 25.1. The predicted molar refractivity (Wildman–Crippen MR) is 142 cm³/mol. The molecular formula is C26H49O6PS. The number of carbonyl (C=O) groups is 2. The van der Waals surface area contributed by atoms with Crippen molar-refractivity contribution in [2.75, 3.05) is 19.0 Å². The van der Waals surface area contributed by atoms with Crippen LogP contribution in [0.3, 0.4) is 0 Å². The van der Waals surface area contributed by atoms with Crippen LogP contribution in [0.1, 0.15) is 129 Å². The topological polar surface area (TPSA) is 78.9 Å². The van der Waals surface area contributed by atoms with E-state index in [2.05, 4.69) is 19.6 Å². The molecule has 0 aromatic heterocycles. The van der Waals surface area contributed by atoms with Crippen LogP contribution in [-0.4, -0.2) is 37.0 Å². The van der Waals surface area contributed by atoms with Gasteiger partial charge >= 0.3 is 20.6 Å². The highest BCUT2D eigenvalue weighted by Crippen LogP contribution is 2.13. The number of esters is 2. The molecule has 0 saturated heterocycles. The zero-order valence-corrected chi connectivity index (χ0v) is 23.3. The Morgan fingerprint density at radius 1 is 0.676 bits per heavy atom. The molecule has 0 unspecified atom stereocenters. The maximum atomic E-state index is 12.1. The van der Waals surface area contributed by atoms with Crippen molar-refractivity contribution in [2.24, 2.45) is 0 Å². The summed E-state index contributed by atoms with van der Waals surface area (Å²) >= 11 is 4.22. The van der Waals surface area contributed by atoms with Crippen LogP contribution in [0.5, 0.6) is 0 Å². The van der Waals surface area contributed by atoms with Gasteiger partial charge in [0, 0.05) is 12.8 Å². The maximum absolute atomic E-state index is 12.1. The van der Waals surface area contributed by atoms with E-state index in [0.717, 1.165) is 44.3 Å². The quantitative estimate of drug-likeness (QED) is 0.0538. The Bertz CT molecular complexity index is 492. The highest BCUT2D eigenvalue weighted by Gasteiger charge is 2.17. The Labute approximate surface area is 215 Å². The molecule has 0 amide bonds. The average molecular weight is 521 g/mol. The van der Waals surface area contributed by atoms with Gasteiger partial charge in [-0.15, -0.1) is 0 Å². The van der Waals surface area contributed by atoms with E-state index in [-0.39, 0.29) is 25.2 Å². The highest BCUT2D eigenvalue weighted by molar-refractivity contribution is 7.80. The van der Waals surface area contributed by atoms with Gasteiger partial charge in [0.1, 0.15) is 13.2 Å². The van der Waals surface area contributed by atoms with E-state index >= 15 is 0 Å². The number of carbonyl (C=O) groups excluding carboxylic acids is 2. The Hall–Kier alpha value is -0.650. The molecule has 0 aromatic carbocycles. The fourth-order valence-electron chi connectivity index (χ4n) is 3.75. The lowest BCUT2D eigenvalue weighted by atomic mass is 10.1. The monoisotopic (exact) mass is 520 g/mol. The van der Waals surface area contributed by atoms with Gasteiger partial charge < -0.3 is 9.47 Å². The molecule has 0 aliphatic carbocycles. The third-order valence-corrected chi connectivity index (χ3v) is 6.39. The summed E-state index contributed by atoms with van der Waals surface area (Å²) in [6.07, 6.45) is 19.6. The van der Waals surface area contributed by atoms with Crippen LogP contribution in [0.2, 0.25) is 0 Å². The lowest BCUT2D eigenvalue weighted by Crippen LogP contribution is -2.28. The molecule has 34 heavy (non-hydrogen) atoms. The van der Waals surface area contributed by atoms with E-state index in [0.29, 0.717) is 12.8 Å². The summed E-state index contributed by atoms with van der Waals surface area (Å²) in [4.78, 5) is 24.1. The van der Waals surface area contributed by atoms with Crippen molar-refractivity contribution in [1.82, 2.24) is 0 Å². The first-order valence-corrected chi connectivity index (χ1v) is 14.9. The Morgan fingerprint density at radius 2 is 1.15 bits per heavy atom. The normalized spacial score (nSPS) is 12.1. The number of unbranched alkanes of at least 4 members (excludes halogenated alkanes) is 15. The van der Waals surface area contributed by atoms with Gasteiger partial charge in [0.2, 0.25) is 0 Å². The first kappa shape index (κ1) is 33.4. The third-order valence-electron chi connectivity index (χ3n) is 5.81. The molecule has 0 bridgehead atoms. The van der Waals surface area contributed by atoms with E-state index in [9.17, 15) is 14.2 Å². The van der Waals surface area contributed by atoms with E-state index < -0.39 is 14.8 Å². The summed E-state index contributed by atoms with van der Waals surface area (Å²) in [5.41, 5.74) is 0. The number of rotatable bonds is 26. The van der Waals surface area contributed by atoms with Crippen molar-refractivity contribution in [2.45, 2.75) is 135 Å². The highest BCUT2D eigenvalue weighted by atomic mass is 32.1. The van der Waals surface area contributed by atoms with Crippen molar-refractivity contribution >= 4 is 33.3 Å². The molecule has 1 atom stereocenters. The molecule has 0 aliphatic rings. The van der Waals surface area contributed by atoms with Crippen LogP contribution >= 0.6 is 21.3 Å². The fraction of sp³-hybridized carbons (Fsp3) is 0.923. The van der Waals surface area contributed by atoms with Gasteiger partial charge in [-0.1, -0.05) is 96.8 Å². The average Bonchev–Trinajstić information content (AvgIpc) is 2.83. The van der Waals surface area contributed by atoms with Crippen molar-refractivity contribution in [3.8, 4) is 0 Å². The first-order chi connectivity index (χ1) is 16.6. The second-order valence-electron chi connectivity index (χ2n) is 9.05. The van der Waals surface area contributed by atoms with Gasteiger partial charge in [-0.2, -0.15) is 12.6 Å². The van der Waals surface area contributed by atoms with Gasteiger partial charge in [0.05, 0.1) is 0 Å². The lowest BCUT2D eigenvalue weighted by molar-refractivity contribution is -0.160. The second-order valence-corrected chi connectivity index (χ2v) is 9.90. The summed E-state index contributed by atoms with van der Waals surface area (Å²) in [6.45, 7) is 2.09. The van der Waals surface area contributed by atoms with E-state index in [1.54, 1.807) is 0 Å². The minimum Gasteiger partial charge on any atom is -0.462 e. The van der Waals surface area contributed by atoms with E-state index in [1.165, 1.54) is 70.6 Å². The minimum atomic E-state index is -0.728. The molecule has 0 aromatic rings. The Kier molecular flexibility index (Phi) is 26.4. The summed E-state index contributed by atoms with van der Waals surface area (Å²) in [7, 11) is -0.487. The van der Waals surface area contributed by atoms with Crippen molar-refractivity contribution in [1.29, 1.82) is 0 Å². The van der Waals surface area contributed by atoms with E-state index in [1.807, 2.05) is 0 Å². The van der Waals surface area contributed by atoms with Crippen LogP contribution in [0.4, 0.5) is 0 Å². The standard InChI is InChI=1S/C26H49O6PS/c1-2-3-4-5-6-7-11-14-17-20-26(28)32-24(23-31-33-29)22-30-25(27)19-16-13-10-8-9-12-15-18-21-34/h24,34H,2-23H2,1H3/t24-/m1/s1. The molecule has 0 saturated carbocycles. The van der Waals surface area contributed by atoms with Crippen molar-refractivity contribution in [3.05, 3.63) is 0 Å². The second kappa shape index (κ2) is 26.9. The molecular weight excluding hydrogens is 471 g/mol.